The minimum absolute atomic E-state index is 0.174. The fraction of sp³-hybridized carbons (Fsp3) is 1.00. The van der Waals surface area contributed by atoms with Crippen LogP contribution in [0.4, 0.5) is 0 Å². The topological polar surface area (TPSA) is 101 Å². The van der Waals surface area contributed by atoms with Crippen LogP contribution in [0, 0.1) is 0 Å². The fourth-order valence-electron chi connectivity index (χ4n) is 1.81. The van der Waals surface area contributed by atoms with Crippen LogP contribution in [-0.4, -0.2) is 54.3 Å². The molecule has 0 saturated heterocycles. The van der Waals surface area contributed by atoms with Crippen LogP contribution < -0.4 is 5.73 Å². The molecule has 0 radical (unpaired) electrons. The lowest BCUT2D eigenvalue weighted by molar-refractivity contribution is -0.928. The van der Waals surface area contributed by atoms with Gasteiger partial charge in [-0.05, 0) is 6.92 Å². The maximum absolute atomic E-state index is 11.2. The van der Waals surface area contributed by atoms with Crippen LogP contribution >= 0.6 is 0 Å². The Labute approximate surface area is 91.0 Å². The third-order valence-corrected chi connectivity index (χ3v) is 4.19. The van der Waals surface area contributed by atoms with Crippen molar-refractivity contribution in [2.75, 3.05) is 14.1 Å². The Morgan fingerprint density at radius 2 is 1.80 bits per heavy atom. The first-order valence-electron chi connectivity index (χ1n) is 4.78. The minimum atomic E-state index is -4.33. The molecule has 0 heterocycles. The third kappa shape index (κ3) is 3.39. The van der Waals surface area contributed by atoms with Gasteiger partial charge in [-0.2, -0.15) is 8.42 Å². The van der Waals surface area contributed by atoms with Crippen LogP contribution in [0.15, 0.2) is 0 Å². The largest absolute Gasteiger partial charge is 0.386 e. The number of likely N-dealkylation sites (N-methyl/N-ethyl adjacent to an activating group) is 1. The van der Waals surface area contributed by atoms with Gasteiger partial charge >= 0.3 is 10.1 Å². The van der Waals surface area contributed by atoms with Crippen molar-refractivity contribution in [2.24, 2.45) is 5.73 Å². The smallest absolute Gasteiger partial charge is 0.322 e. The van der Waals surface area contributed by atoms with Crippen LogP contribution in [0.3, 0.4) is 0 Å². The van der Waals surface area contributed by atoms with Crippen molar-refractivity contribution >= 4 is 10.1 Å². The van der Waals surface area contributed by atoms with Gasteiger partial charge in [0, 0.05) is 6.42 Å². The lowest BCUT2D eigenvalue weighted by Gasteiger charge is -2.41. The number of nitrogens with zero attached hydrogens (tertiary/aromatic N) is 1. The molecule has 0 aliphatic rings. The minimum Gasteiger partial charge on any atom is -0.386 e. The Morgan fingerprint density at radius 1 is 1.40 bits per heavy atom. The summed E-state index contributed by atoms with van der Waals surface area (Å²) in [6.07, 6.45) is -1.11. The first-order valence-corrected chi connectivity index (χ1v) is 6.28. The van der Waals surface area contributed by atoms with E-state index < -0.39 is 27.8 Å². The molecule has 7 heteroatoms. The number of quaternary nitrogens is 1. The molecule has 0 amide bonds. The Morgan fingerprint density at radius 3 is 2.00 bits per heavy atom. The van der Waals surface area contributed by atoms with E-state index in [4.69, 9.17) is 10.3 Å². The van der Waals surface area contributed by atoms with Gasteiger partial charge < -0.3 is 5.11 Å². The summed E-state index contributed by atoms with van der Waals surface area (Å²) in [6.45, 7) is 3.13. The molecule has 0 aliphatic heterocycles. The quantitative estimate of drug-likeness (QED) is 0.337. The summed E-state index contributed by atoms with van der Waals surface area (Å²) in [5.41, 5.74) is 5.77. The Balaban J connectivity index is 5.27. The number of hydrogen-bond acceptors (Lipinski definition) is 4. The van der Waals surface area contributed by atoms with Gasteiger partial charge in [0.1, 0.15) is 12.3 Å². The van der Waals surface area contributed by atoms with Crippen LogP contribution in [0.5, 0.6) is 0 Å². The molecule has 0 rings (SSSR count). The molecule has 0 aromatic carbocycles. The van der Waals surface area contributed by atoms with Crippen molar-refractivity contribution in [3.05, 3.63) is 0 Å². The van der Waals surface area contributed by atoms with Gasteiger partial charge in [0.05, 0.1) is 14.1 Å². The number of aliphatic hydroxyl groups is 1. The summed E-state index contributed by atoms with van der Waals surface area (Å²) < 4.78 is 31.2. The van der Waals surface area contributed by atoms with E-state index in [2.05, 4.69) is 0 Å². The van der Waals surface area contributed by atoms with E-state index in [1.54, 1.807) is 14.1 Å². The van der Waals surface area contributed by atoms with Crippen molar-refractivity contribution in [3.63, 3.8) is 0 Å². The predicted octanol–water partition coefficient (Wildman–Crippen LogP) is -0.648. The molecule has 0 saturated carbocycles. The molecule has 0 aliphatic carbocycles. The van der Waals surface area contributed by atoms with Gasteiger partial charge in [-0.15, -0.1) is 0 Å². The lowest BCUT2D eigenvalue weighted by Crippen LogP contribution is -2.64. The molecule has 0 spiro atoms. The van der Waals surface area contributed by atoms with Gasteiger partial charge in [0.15, 0.2) is 0 Å². The van der Waals surface area contributed by atoms with Crippen molar-refractivity contribution in [1.29, 1.82) is 0 Å². The molecule has 4 N–H and O–H groups in total. The molecule has 0 aromatic heterocycles. The molecular weight excluding hydrogens is 220 g/mol. The summed E-state index contributed by atoms with van der Waals surface area (Å²) >= 11 is 0. The normalized spacial score (nSPS) is 19.7. The van der Waals surface area contributed by atoms with E-state index in [9.17, 15) is 13.5 Å². The Hall–Kier alpha value is -0.210. The predicted molar refractivity (Wildman–Crippen MR) is 57.4 cm³/mol. The second-order valence-corrected chi connectivity index (χ2v) is 5.76. The maximum Gasteiger partial charge on any atom is 0.322 e. The molecule has 0 bridgehead atoms. The number of hydrogen-bond donors (Lipinski definition) is 3. The van der Waals surface area contributed by atoms with E-state index in [1.807, 2.05) is 6.92 Å². The number of rotatable bonds is 5. The average molecular weight is 241 g/mol. The molecule has 0 aromatic rings. The summed E-state index contributed by atoms with van der Waals surface area (Å²) in [4.78, 5) is 0. The van der Waals surface area contributed by atoms with Gasteiger partial charge in [0.2, 0.25) is 5.37 Å². The summed E-state index contributed by atoms with van der Waals surface area (Å²) in [5.74, 6) is 0. The van der Waals surface area contributed by atoms with Crippen LogP contribution in [-0.2, 0) is 10.1 Å². The second kappa shape index (κ2) is 4.75. The highest BCUT2D eigenvalue weighted by atomic mass is 32.2. The van der Waals surface area contributed by atoms with E-state index >= 15 is 0 Å². The summed E-state index contributed by atoms with van der Waals surface area (Å²) in [7, 11) is -1.20. The van der Waals surface area contributed by atoms with Crippen LogP contribution in [0.25, 0.3) is 0 Å². The van der Waals surface area contributed by atoms with E-state index in [1.165, 1.54) is 6.92 Å². The molecule has 15 heavy (non-hydrogen) atoms. The fourth-order valence-corrected chi connectivity index (χ4v) is 3.15. The average Bonchev–Trinajstić information content (AvgIpc) is 1.98. The highest BCUT2D eigenvalue weighted by Crippen LogP contribution is 2.20. The summed E-state index contributed by atoms with van der Waals surface area (Å²) in [5, 5.41) is 8.09. The number of nitrogens with two attached hydrogens (primary N) is 1. The maximum atomic E-state index is 11.2. The van der Waals surface area contributed by atoms with Crippen molar-refractivity contribution in [3.8, 4) is 0 Å². The molecule has 92 valence electrons. The van der Waals surface area contributed by atoms with Gasteiger partial charge in [-0.3, -0.25) is 14.8 Å². The molecule has 0 fully saturated rings. The second-order valence-electron chi connectivity index (χ2n) is 4.25. The van der Waals surface area contributed by atoms with Gasteiger partial charge in [-0.1, -0.05) is 6.92 Å². The molecule has 3 atom stereocenters. The molecular formula is C8H21N2O4S+. The zero-order chi connectivity index (χ0) is 12.4. The lowest BCUT2D eigenvalue weighted by atomic mass is 10.2. The first-order chi connectivity index (χ1) is 6.55. The SMILES string of the molecule is CCC(N)[N+](C)(C)C(C(C)O)S(=O)(=O)O. The Bertz CT molecular complexity index is 300. The van der Waals surface area contributed by atoms with E-state index in [0.717, 1.165) is 0 Å². The third-order valence-electron chi connectivity index (χ3n) is 2.65. The first kappa shape index (κ1) is 14.8. The van der Waals surface area contributed by atoms with Gasteiger partial charge in [0.25, 0.3) is 0 Å². The van der Waals surface area contributed by atoms with E-state index in [-0.39, 0.29) is 4.48 Å². The molecule has 6 nitrogen and oxygen atoms in total. The molecule has 3 unspecified atom stereocenters. The van der Waals surface area contributed by atoms with Crippen LogP contribution in [0.1, 0.15) is 20.3 Å². The van der Waals surface area contributed by atoms with Crippen molar-refractivity contribution in [1.82, 2.24) is 0 Å². The van der Waals surface area contributed by atoms with Crippen molar-refractivity contribution < 1.29 is 22.6 Å². The number of aliphatic hydroxyl groups excluding tert-OH is 1. The highest BCUT2D eigenvalue weighted by molar-refractivity contribution is 7.86. The van der Waals surface area contributed by atoms with E-state index in [0.29, 0.717) is 6.42 Å². The monoisotopic (exact) mass is 241 g/mol. The zero-order valence-corrected chi connectivity index (χ0v) is 10.4. The van der Waals surface area contributed by atoms with Gasteiger partial charge in [-0.25, -0.2) is 0 Å². The van der Waals surface area contributed by atoms with Crippen LogP contribution in [0.2, 0.25) is 0 Å². The zero-order valence-electron chi connectivity index (χ0n) is 9.58. The highest BCUT2D eigenvalue weighted by Gasteiger charge is 2.45. The standard InChI is InChI=1S/C8H20N2O4S/c1-5-7(9)10(3,4)8(6(2)11)15(12,13)14/h6-8,11H,5,9H2,1-4H3/p+1. The Kier molecular flexibility index (Phi) is 4.68. The van der Waals surface area contributed by atoms with Crippen molar-refractivity contribution in [2.45, 2.75) is 37.9 Å². The summed E-state index contributed by atoms with van der Waals surface area (Å²) in [6, 6.07) is 0.